The molecule has 2 amide bonds. The third kappa shape index (κ3) is 3.89. The number of halogens is 1. The number of aromatic nitrogens is 2. The Morgan fingerprint density at radius 1 is 1.28 bits per heavy atom. The molecule has 0 radical (unpaired) electrons. The van der Waals surface area contributed by atoms with Crippen LogP contribution in [0.5, 0.6) is 0 Å². The summed E-state index contributed by atoms with van der Waals surface area (Å²) in [5, 5.41) is 7.16. The minimum absolute atomic E-state index is 0.00464. The van der Waals surface area contributed by atoms with Crippen molar-refractivity contribution in [3.63, 3.8) is 0 Å². The van der Waals surface area contributed by atoms with Crippen molar-refractivity contribution in [1.82, 2.24) is 19.6 Å². The monoisotopic (exact) mass is 399 g/mol. The van der Waals surface area contributed by atoms with E-state index in [0.29, 0.717) is 13.1 Å². The third-order valence-corrected chi connectivity index (χ3v) is 5.99. The molecule has 1 N–H and O–H groups in total. The molecule has 0 aliphatic carbocycles. The number of likely N-dealkylation sites (tertiary alicyclic amines) is 2. The maximum absolute atomic E-state index is 13.8. The first-order valence-corrected chi connectivity index (χ1v) is 9.87. The minimum Gasteiger partial charge on any atom is -0.335 e. The molecule has 8 heteroatoms. The Balaban J connectivity index is 1.45. The Labute approximate surface area is 169 Å². The highest BCUT2D eigenvalue weighted by atomic mass is 19.1. The fourth-order valence-electron chi connectivity index (χ4n) is 4.82. The van der Waals surface area contributed by atoms with Gasteiger partial charge in [0.05, 0.1) is 24.0 Å². The molecule has 154 valence electrons. The number of benzene rings is 1. The predicted octanol–water partition coefficient (Wildman–Crippen LogP) is 1.96. The summed E-state index contributed by atoms with van der Waals surface area (Å²) in [5.41, 5.74) is 2.32. The molecule has 2 saturated heterocycles. The van der Waals surface area contributed by atoms with Crippen molar-refractivity contribution in [3.05, 3.63) is 47.5 Å². The normalized spacial score (nSPS) is 24.0. The summed E-state index contributed by atoms with van der Waals surface area (Å²) in [6, 6.07) is 6.35. The van der Waals surface area contributed by atoms with E-state index >= 15 is 0 Å². The number of aryl methyl sites for hydroxylation is 2. The van der Waals surface area contributed by atoms with Gasteiger partial charge in [0.1, 0.15) is 5.82 Å². The summed E-state index contributed by atoms with van der Waals surface area (Å²) in [6.07, 6.45) is 1.79. The van der Waals surface area contributed by atoms with Crippen LogP contribution in [0.1, 0.15) is 24.2 Å². The van der Waals surface area contributed by atoms with Gasteiger partial charge in [-0.05, 0) is 30.5 Å². The van der Waals surface area contributed by atoms with Gasteiger partial charge in [-0.1, -0.05) is 12.1 Å². The van der Waals surface area contributed by atoms with Gasteiger partial charge in [-0.15, -0.1) is 0 Å². The number of hydrogen-bond acceptors (Lipinski definition) is 4. The average molecular weight is 399 g/mol. The number of anilines is 1. The van der Waals surface area contributed by atoms with Gasteiger partial charge in [-0.3, -0.25) is 19.2 Å². The summed E-state index contributed by atoms with van der Waals surface area (Å²) < 4.78 is 15.5. The first-order chi connectivity index (χ1) is 13.8. The van der Waals surface area contributed by atoms with Crippen LogP contribution >= 0.6 is 0 Å². The number of amides is 2. The molecular weight excluding hydrogens is 373 g/mol. The fourth-order valence-corrected chi connectivity index (χ4v) is 4.82. The van der Waals surface area contributed by atoms with Crippen LogP contribution < -0.4 is 5.32 Å². The molecule has 4 rings (SSSR count). The molecule has 1 aromatic carbocycles. The molecular formula is C21H26FN5O2. The van der Waals surface area contributed by atoms with Crippen LogP contribution in [-0.2, 0) is 16.6 Å². The number of rotatable bonds is 4. The summed E-state index contributed by atoms with van der Waals surface area (Å²) in [7, 11) is 1.82. The van der Waals surface area contributed by atoms with Crippen molar-refractivity contribution < 1.29 is 14.0 Å². The molecule has 3 heterocycles. The highest BCUT2D eigenvalue weighted by Crippen LogP contribution is 2.45. The van der Waals surface area contributed by atoms with Crippen LogP contribution in [0.4, 0.5) is 10.1 Å². The molecule has 0 saturated carbocycles. The Hall–Kier alpha value is -2.74. The van der Waals surface area contributed by atoms with Crippen LogP contribution in [0.3, 0.4) is 0 Å². The number of nitrogens with zero attached hydrogens (tertiary/aromatic N) is 4. The molecule has 2 aliphatic heterocycles. The van der Waals surface area contributed by atoms with Crippen molar-refractivity contribution in [1.29, 1.82) is 0 Å². The zero-order chi connectivity index (χ0) is 20.7. The molecule has 29 heavy (non-hydrogen) atoms. The molecule has 1 aromatic heterocycles. The maximum atomic E-state index is 13.8. The van der Waals surface area contributed by atoms with Crippen LogP contribution in [0.2, 0.25) is 0 Å². The molecule has 0 bridgehead atoms. The lowest BCUT2D eigenvalue weighted by atomic mass is 9.89. The predicted molar refractivity (Wildman–Crippen MR) is 107 cm³/mol. The summed E-state index contributed by atoms with van der Waals surface area (Å²) >= 11 is 0. The minimum atomic E-state index is -0.296. The molecule has 0 unspecified atom stereocenters. The first-order valence-electron chi connectivity index (χ1n) is 9.87. The highest BCUT2D eigenvalue weighted by molar-refractivity contribution is 5.92. The molecule has 3 atom stereocenters. The van der Waals surface area contributed by atoms with Gasteiger partial charge in [0, 0.05) is 45.7 Å². The number of nitrogens with one attached hydrogen (secondary N) is 1. The lowest BCUT2D eigenvalue weighted by Crippen LogP contribution is -2.37. The van der Waals surface area contributed by atoms with E-state index in [1.807, 2.05) is 24.9 Å². The van der Waals surface area contributed by atoms with Crippen molar-refractivity contribution in [3.8, 4) is 0 Å². The zero-order valence-electron chi connectivity index (χ0n) is 16.9. The van der Waals surface area contributed by atoms with E-state index in [2.05, 4.69) is 15.3 Å². The highest BCUT2D eigenvalue weighted by Gasteiger charge is 2.48. The average Bonchev–Trinajstić information content (AvgIpc) is 3.27. The van der Waals surface area contributed by atoms with Crippen molar-refractivity contribution in [2.24, 2.45) is 18.9 Å². The van der Waals surface area contributed by atoms with Crippen LogP contribution in [0.15, 0.2) is 30.5 Å². The molecule has 2 fully saturated rings. The van der Waals surface area contributed by atoms with E-state index in [1.54, 1.807) is 23.9 Å². The Morgan fingerprint density at radius 3 is 2.72 bits per heavy atom. The van der Waals surface area contributed by atoms with Gasteiger partial charge in [0.25, 0.3) is 0 Å². The third-order valence-electron chi connectivity index (χ3n) is 5.99. The number of fused-ring (bicyclic) bond motifs is 1. The van der Waals surface area contributed by atoms with Gasteiger partial charge in [-0.2, -0.15) is 5.10 Å². The maximum Gasteiger partial charge on any atom is 0.238 e. The first kappa shape index (κ1) is 19.6. The molecule has 0 spiro atoms. The van der Waals surface area contributed by atoms with Gasteiger partial charge < -0.3 is 10.2 Å². The number of hydrogen-bond donors (Lipinski definition) is 1. The van der Waals surface area contributed by atoms with E-state index in [4.69, 9.17) is 0 Å². The molecule has 2 aliphatic rings. The molecule has 2 aromatic rings. The topological polar surface area (TPSA) is 70.5 Å². The van der Waals surface area contributed by atoms with E-state index in [9.17, 15) is 14.0 Å². The Bertz CT molecular complexity index is 943. The van der Waals surface area contributed by atoms with Gasteiger partial charge in [-0.25, -0.2) is 4.39 Å². The lowest BCUT2D eigenvalue weighted by molar-refractivity contribution is -0.130. The fraction of sp³-hybridized carbons (Fsp3) is 0.476. The van der Waals surface area contributed by atoms with Gasteiger partial charge in [0.15, 0.2) is 0 Å². The van der Waals surface area contributed by atoms with E-state index in [-0.39, 0.29) is 42.1 Å². The number of carbonyl (C=O) groups excluding carboxylic acids is 2. The second-order valence-electron chi connectivity index (χ2n) is 8.14. The summed E-state index contributed by atoms with van der Waals surface area (Å²) in [6.45, 7) is 5.80. The Morgan fingerprint density at radius 2 is 2.07 bits per heavy atom. The lowest BCUT2D eigenvalue weighted by Gasteiger charge is -2.29. The number of carbonyl (C=O) groups is 2. The van der Waals surface area contributed by atoms with Crippen LogP contribution in [-0.4, -0.2) is 57.6 Å². The smallest absolute Gasteiger partial charge is 0.238 e. The summed E-state index contributed by atoms with van der Waals surface area (Å²) in [5.74, 6) is 0.0982. The second-order valence-corrected chi connectivity index (χ2v) is 8.14. The summed E-state index contributed by atoms with van der Waals surface area (Å²) in [4.78, 5) is 28.7. The standard InChI is InChI=1S/C21H26FN5O2/c1-13-19(11-25(3)24-13)23-20(29)12-26-8-16-9-27(14(2)28)21(18(16)10-26)15-5-4-6-17(22)7-15/h4-7,11,16,18,21H,8-10,12H2,1-3H3,(H,23,29)/t16-,18-,21-/m1/s1. The van der Waals surface area contributed by atoms with E-state index in [1.165, 1.54) is 12.1 Å². The van der Waals surface area contributed by atoms with E-state index < -0.39 is 0 Å². The Kier molecular flexibility index (Phi) is 5.12. The van der Waals surface area contributed by atoms with Crippen molar-refractivity contribution in [2.45, 2.75) is 19.9 Å². The van der Waals surface area contributed by atoms with E-state index in [0.717, 1.165) is 23.5 Å². The van der Waals surface area contributed by atoms with Crippen molar-refractivity contribution >= 4 is 17.5 Å². The zero-order valence-corrected chi connectivity index (χ0v) is 16.9. The molecule has 7 nitrogen and oxygen atoms in total. The van der Waals surface area contributed by atoms with Gasteiger partial charge >= 0.3 is 0 Å². The van der Waals surface area contributed by atoms with Crippen LogP contribution in [0.25, 0.3) is 0 Å². The SMILES string of the molecule is CC(=O)N1C[C@H]2CN(CC(=O)Nc3cn(C)nc3C)C[C@H]2[C@H]1c1cccc(F)c1. The second kappa shape index (κ2) is 7.59. The largest absolute Gasteiger partial charge is 0.335 e. The van der Waals surface area contributed by atoms with Gasteiger partial charge in [0.2, 0.25) is 11.8 Å². The van der Waals surface area contributed by atoms with Crippen LogP contribution in [0, 0.1) is 24.6 Å². The van der Waals surface area contributed by atoms with Crippen molar-refractivity contribution in [2.75, 3.05) is 31.5 Å². The quantitative estimate of drug-likeness (QED) is 0.853.